The first-order valence-corrected chi connectivity index (χ1v) is 9.95. The number of ether oxygens (including phenoxy) is 1. The second kappa shape index (κ2) is 11.1. The molecule has 1 N–H and O–H groups in total. The van der Waals surface area contributed by atoms with E-state index in [2.05, 4.69) is 48.6 Å². The van der Waals surface area contributed by atoms with E-state index >= 15 is 0 Å². The maximum absolute atomic E-state index is 10.2. The van der Waals surface area contributed by atoms with Crippen molar-refractivity contribution >= 4 is 6.08 Å². The molecule has 3 aromatic carbocycles. The lowest BCUT2D eigenvalue weighted by Crippen LogP contribution is -2.07. The van der Waals surface area contributed by atoms with Crippen molar-refractivity contribution in [2.45, 2.75) is 38.4 Å². The number of rotatable bonds is 10. The fraction of sp³-hybridized carbons (Fsp3) is 0.231. The molecule has 0 heterocycles. The van der Waals surface area contributed by atoms with Crippen LogP contribution in [0.3, 0.4) is 0 Å². The summed E-state index contributed by atoms with van der Waals surface area (Å²) in [5.41, 5.74) is 3.59. The third kappa shape index (κ3) is 7.05. The molecule has 0 aliphatic carbocycles. The SMILES string of the molecule is O[C@@H](CC/C=C/c1ccccc1)CCc1ccc(OCc2ccccc2)cc1. The molecule has 3 rings (SSSR count). The van der Waals surface area contributed by atoms with E-state index in [1.54, 1.807) is 0 Å². The lowest BCUT2D eigenvalue weighted by molar-refractivity contribution is 0.156. The standard InChI is InChI=1S/C26H28O2/c27-25(14-8-7-11-22-9-3-1-4-10-22)18-15-23-16-19-26(20-17-23)28-21-24-12-5-2-6-13-24/h1-7,9-13,16-17,19-20,25,27H,8,14-15,18,21H2/b11-7+/t25-/m0/s1. The average molecular weight is 373 g/mol. The largest absolute Gasteiger partial charge is 0.489 e. The molecule has 0 aliphatic heterocycles. The van der Waals surface area contributed by atoms with Gasteiger partial charge in [0.2, 0.25) is 0 Å². The summed E-state index contributed by atoms with van der Waals surface area (Å²) in [6, 6.07) is 28.6. The van der Waals surface area contributed by atoms with Gasteiger partial charge in [-0.1, -0.05) is 84.9 Å². The van der Waals surface area contributed by atoms with Crippen LogP contribution >= 0.6 is 0 Å². The van der Waals surface area contributed by atoms with Crippen molar-refractivity contribution in [3.05, 3.63) is 108 Å². The zero-order valence-electron chi connectivity index (χ0n) is 16.2. The summed E-state index contributed by atoms with van der Waals surface area (Å²) in [6.07, 6.45) is 7.32. The summed E-state index contributed by atoms with van der Waals surface area (Å²) in [4.78, 5) is 0. The van der Waals surface area contributed by atoms with Gasteiger partial charge in [0.05, 0.1) is 6.10 Å². The molecule has 3 aromatic rings. The fourth-order valence-corrected chi connectivity index (χ4v) is 3.04. The summed E-state index contributed by atoms with van der Waals surface area (Å²) >= 11 is 0. The number of hydrogen-bond donors (Lipinski definition) is 1. The molecule has 2 nitrogen and oxygen atoms in total. The van der Waals surface area contributed by atoms with Gasteiger partial charge in [-0.25, -0.2) is 0 Å². The minimum atomic E-state index is -0.269. The number of hydrogen-bond acceptors (Lipinski definition) is 2. The minimum Gasteiger partial charge on any atom is -0.489 e. The van der Waals surface area contributed by atoms with Gasteiger partial charge in [0.25, 0.3) is 0 Å². The normalized spacial score (nSPS) is 12.2. The molecule has 28 heavy (non-hydrogen) atoms. The maximum atomic E-state index is 10.2. The smallest absolute Gasteiger partial charge is 0.119 e. The van der Waals surface area contributed by atoms with E-state index in [0.717, 1.165) is 37.0 Å². The lowest BCUT2D eigenvalue weighted by Gasteiger charge is -2.10. The topological polar surface area (TPSA) is 29.5 Å². The van der Waals surface area contributed by atoms with Crippen LogP contribution in [0.15, 0.2) is 91.0 Å². The van der Waals surface area contributed by atoms with Gasteiger partial charge >= 0.3 is 0 Å². The van der Waals surface area contributed by atoms with E-state index in [1.165, 1.54) is 11.1 Å². The molecule has 0 bridgehead atoms. The molecule has 2 heteroatoms. The van der Waals surface area contributed by atoms with Crippen molar-refractivity contribution in [2.24, 2.45) is 0 Å². The Labute approximate surface area is 168 Å². The first-order chi connectivity index (χ1) is 13.8. The van der Waals surface area contributed by atoms with Crippen LogP contribution in [-0.2, 0) is 13.0 Å². The molecule has 0 aromatic heterocycles. The first kappa shape index (κ1) is 19.9. The van der Waals surface area contributed by atoms with Crippen LogP contribution in [0.2, 0.25) is 0 Å². The van der Waals surface area contributed by atoms with Gasteiger partial charge < -0.3 is 9.84 Å². The van der Waals surface area contributed by atoms with Gasteiger partial charge in [-0.05, 0) is 54.5 Å². The van der Waals surface area contributed by atoms with Crippen molar-refractivity contribution in [2.75, 3.05) is 0 Å². The van der Waals surface area contributed by atoms with Crippen LogP contribution in [-0.4, -0.2) is 11.2 Å². The number of aliphatic hydroxyl groups excluding tert-OH is 1. The predicted octanol–water partition coefficient (Wildman–Crippen LogP) is 6.05. The van der Waals surface area contributed by atoms with Crippen molar-refractivity contribution in [1.29, 1.82) is 0 Å². The van der Waals surface area contributed by atoms with E-state index in [-0.39, 0.29) is 6.10 Å². The predicted molar refractivity (Wildman–Crippen MR) is 116 cm³/mol. The van der Waals surface area contributed by atoms with Gasteiger partial charge in [0, 0.05) is 0 Å². The van der Waals surface area contributed by atoms with Crippen LogP contribution in [0.5, 0.6) is 5.75 Å². The Morgan fingerprint density at radius 3 is 2.14 bits per heavy atom. The van der Waals surface area contributed by atoms with Crippen LogP contribution in [0.4, 0.5) is 0 Å². The second-order valence-corrected chi connectivity index (χ2v) is 7.00. The maximum Gasteiger partial charge on any atom is 0.119 e. The van der Waals surface area contributed by atoms with Crippen LogP contribution in [0.1, 0.15) is 36.0 Å². The Hall–Kier alpha value is -2.84. The van der Waals surface area contributed by atoms with Crippen molar-refractivity contribution < 1.29 is 9.84 Å². The first-order valence-electron chi connectivity index (χ1n) is 9.95. The average Bonchev–Trinajstić information content (AvgIpc) is 2.76. The van der Waals surface area contributed by atoms with Crippen molar-refractivity contribution in [3.8, 4) is 5.75 Å². The summed E-state index contributed by atoms with van der Waals surface area (Å²) < 4.78 is 5.82. The fourth-order valence-electron chi connectivity index (χ4n) is 3.04. The van der Waals surface area contributed by atoms with Gasteiger partial charge in [0.15, 0.2) is 0 Å². The summed E-state index contributed by atoms with van der Waals surface area (Å²) in [6.45, 7) is 0.579. The summed E-state index contributed by atoms with van der Waals surface area (Å²) in [5.74, 6) is 0.874. The van der Waals surface area contributed by atoms with Crippen LogP contribution in [0, 0.1) is 0 Å². The highest BCUT2D eigenvalue weighted by atomic mass is 16.5. The number of allylic oxidation sites excluding steroid dienone is 1. The summed E-state index contributed by atoms with van der Waals surface area (Å²) in [7, 11) is 0. The lowest BCUT2D eigenvalue weighted by atomic mass is 10.0. The molecule has 0 amide bonds. The molecular weight excluding hydrogens is 344 g/mol. The highest BCUT2D eigenvalue weighted by Gasteiger charge is 2.04. The second-order valence-electron chi connectivity index (χ2n) is 7.00. The summed E-state index contributed by atoms with van der Waals surface area (Å²) in [5, 5.41) is 10.2. The van der Waals surface area contributed by atoms with Gasteiger partial charge in [-0.2, -0.15) is 0 Å². The minimum absolute atomic E-state index is 0.269. The molecule has 0 spiro atoms. The Balaban J connectivity index is 1.35. The van der Waals surface area contributed by atoms with Gasteiger partial charge in [-0.3, -0.25) is 0 Å². The van der Waals surface area contributed by atoms with E-state index in [9.17, 15) is 5.11 Å². The van der Waals surface area contributed by atoms with Gasteiger partial charge in [-0.15, -0.1) is 0 Å². The third-order valence-corrected chi connectivity index (χ3v) is 4.71. The highest BCUT2D eigenvalue weighted by molar-refractivity contribution is 5.48. The van der Waals surface area contributed by atoms with E-state index < -0.39 is 0 Å². The van der Waals surface area contributed by atoms with E-state index in [4.69, 9.17) is 4.74 Å². The monoisotopic (exact) mass is 372 g/mol. The molecule has 0 fully saturated rings. The number of aryl methyl sites for hydroxylation is 1. The number of benzene rings is 3. The molecule has 1 atom stereocenters. The zero-order chi connectivity index (χ0) is 19.4. The molecule has 0 radical (unpaired) electrons. The van der Waals surface area contributed by atoms with E-state index in [0.29, 0.717) is 6.61 Å². The Bertz CT molecular complexity index is 823. The molecule has 144 valence electrons. The number of aliphatic hydroxyl groups is 1. The Morgan fingerprint density at radius 1 is 0.750 bits per heavy atom. The van der Waals surface area contributed by atoms with E-state index in [1.807, 2.05) is 48.5 Å². The Kier molecular flexibility index (Phi) is 7.90. The zero-order valence-corrected chi connectivity index (χ0v) is 16.2. The van der Waals surface area contributed by atoms with Crippen molar-refractivity contribution in [3.63, 3.8) is 0 Å². The van der Waals surface area contributed by atoms with Crippen LogP contribution in [0.25, 0.3) is 6.08 Å². The van der Waals surface area contributed by atoms with Gasteiger partial charge in [0.1, 0.15) is 12.4 Å². The molecule has 0 aliphatic rings. The quantitative estimate of drug-likeness (QED) is 0.469. The molecule has 0 saturated carbocycles. The molecule has 0 unspecified atom stereocenters. The molecular formula is C26H28O2. The molecule has 0 saturated heterocycles. The Morgan fingerprint density at radius 2 is 1.43 bits per heavy atom. The van der Waals surface area contributed by atoms with Crippen molar-refractivity contribution in [1.82, 2.24) is 0 Å². The van der Waals surface area contributed by atoms with Crippen LogP contribution < -0.4 is 4.74 Å². The third-order valence-electron chi connectivity index (χ3n) is 4.71. The highest BCUT2D eigenvalue weighted by Crippen LogP contribution is 2.16.